The van der Waals surface area contributed by atoms with Gasteiger partial charge < -0.3 is 5.32 Å². The number of hydrogen-bond donors (Lipinski definition) is 1. The van der Waals surface area contributed by atoms with E-state index in [0.29, 0.717) is 33.8 Å². The van der Waals surface area contributed by atoms with Crippen LogP contribution in [0.5, 0.6) is 0 Å². The average molecular weight is 403 g/mol. The fraction of sp³-hybridized carbons (Fsp3) is 0.105. The molecule has 0 atom stereocenters. The van der Waals surface area contributed by atoms with Crippen molar-refractivity contribution in [3.05, 3.63) is 72.0 Å². The van der Waals surface area contributed by atoms with Gasteiger partial charge in [0.05, 0.1) is 22.0 Å². The number of halogens is 2. The molecule has 1 amide bonds. The van der Waals surface area contributed by atoms with Gasteiger partial charge in [-0.2, -0.15) is 0 Å². The zero-order chi connectivity index (χ0) is 19.2. The van der Waals surface area contributed by atoms with Gasteiger partial charge in [-0.05, 0) is 24.3 Å². The van der Waals surface area contributed by atoms with E-state index in [2.05, 4.69) is 22.1 Å². The molecule has 3 aromatic rings. The number of anilines is 1. The highest BCUT2D eigenvalue weighted by Crippen LogP contribution is 2.26. The van der Waals surface area contributed by atoms with E-state index >= 15 is 0 Å². The van der Waals surface area contributed by atoms with Crippen LogP contribution in [-0.4, -0.2) is 26.4 Å². The van der Waals surface area contributed by atoms with Crippen LogP contribution in [0.15, 0.2) is 66.3 Å². The molecular formula is C19H16ClFN4OS. The van der Waals surface area contributed by atoms with Gasteiger partial charge in [0.1, 0.15) is 5.82 Å². The molecule has 0 saturated carbocycles. The number of carbonyl (C=O) groups excluding carboxylic acids is 1. The summed E-state index contributed by atoms with van der Waals surface area (Å²) in [5.74, 6) is -0.114. The molecule has 27 heavy (non-hydrogen) atoms. The number of hydrogen-bond acceptors (Lipinski definition) is 4. The zero-order valence-corrected chi connectivity index (χ0v) is 15.8. The minimum Gasteiger partial charge on any atom is -0.324 e. The molecule has 3 rings (SSSR count). The number of allylic oxidation sites excluding steroid dienone is 1. The molecule has 2 aromatic carbocycles. The predicted octanol–water partition coefficient (Wildman–Crippen LogP) is 4.65. The second-order valence-electron chi connectivity index (χ2n) is 5.50. The molecule has 0 aliphatic carbocycles. The number of rotatable bonds is 7. The van der Waals surface area contributed by atoms with Crippen LogP contribution in [0.2, 0.25) is 5.02 Å². The molecule has 0 unspecified atom stereocenters. The van der Waals surface area contributed by atoms with E-state index in [-0.39, 0.29) is 17.5 Å². The van der Waals surface area contributed by atoms with Gasteiger partial charge in [-0.3, -0.25) is 9.36 Å². The van der Waals surface area contributed by atoms with Crippen molar-refractivity contribution in [2.24, 2.45) is 0 Å². The van der Waals surface area contributed by atoms with Crippen LogP contribution in [0, 0.1) is 5.82 Å². The van der Waals surface area contributed by atoms with Crippen LogP contribution in [0.4, 0.5) is 10.1 Å². The van der Waals surface area contributed by atoms with E-state index in [4.69, 9.17) is 11.6 Å². The number of benzene rings is 2. The first-order valence-electron chi connectivity index (χ1n) is 8.06. The first-order valence-corrected chi connectivity index (χ1v) is 9.42. The summed E-state index contributed by atoms with van der Waals surface area (Å²) >= 11 is 7.25. The largest absolute Gasteiger partial charge is 0.324 e. The lowest BCUT2D eigenvalue weighted by atomic mass is 10.2. The van der Waals surface area contributed by atoms with E-state index < -0.39 is 0 Å². The van der Waals surface area contributed by atoms with Gasteiger partial charge in [-0.1, -0.05) is 53.7 Å². The Balaban J connectivity index is 1.75. The maximum atomic E-state index is 14.1. The number of amides is 1. The number of thioether (sulfide) groups is 1. The third kappa shape index (κ3) is 4.56. The zero-order valence-electron chi connectivity index (χ0n) is 14.2. The summed E-state index contributed by atoms with van der Waals surface area (Å²) < 4.78 is 15.8. The molecule has 1 aromatic heterocycles. The SMILES string of the molecule is C=CCn1c(SCC(=O)Nc2ccccc2Cl)nnc1-c1ccccc1F. The first-order chi connectivity index (χ1) is 13.1. The highest BCUT2D eigenvalue weighted by Gasteiger charge is 2.17. The molecule has 0 spiro atoms. The highest BCUT2D eigenvalue weighted by atomic mass is 35.5. The Morgan fingerprint density at radius 1 is 1.22 bits per heavy atom. The Labute approximate surface area is 165 Å². The molecular weight excluding hydrogens is 387 g/mol. The minimum absolute atomic E-state index is 0.109. The van der Waals surface area contributed by atoms with Gasteiger partial charge >= 0.3 is 0 Å². The number of aromatic nitrogens is 3. The number of carbonyl (C=O) groups is 1. The topological polar surface area (TPSA) is 59.8 Å². The van der Waals surface area contributed by atoms with Crippen molar-refractivity contribution < 1.29 is 9.18 Å². The van der Waals surface area contributed by atoms with Crippen LogP contribution in [0.3, 0.4) is 0 Å². The Morgan fingerprint density at radius 2 is 1.96 bits per heavy atom. The van der Waals surface area contributed by atoms with E-state index in [9.17, 15) is 9.18 Å². The van der Waals surface area contributed by atoms with E-state index in [1.165, 1.54) is 17.8 Å². The van der Waals surface area contributed by atoms with Crippen molar-refractivity contribution in [3.8, 4) is 11.4 Å². The minimum atomic E-state index is -0.386. The summed E-state index contributed by atoms with van der Waals surface area (Å²) in [7, 11) is 0. The molecule has 5 nitrogen and oxygen atoms in total. The Bertz CT molecular complexity index is 976. The van der Waals surface area contributed by atoms with Gasteiger partial charge in [0.15, 0.2) is 11.0 Å². The van der Waals surface area contributed by atoms with Crippen LogP contribution < -0.4 is 5.32 Å². The van der Waals surface area contributed by atoms with Crippen molar-refractivity contribution in [1.29, 1.82) is 0 Å². The fourth-order valence-corrected chi connectivity index (χ4v) is 3.34. The summed E-state index contributed by atoms with van der Waals surface area (Å²) in [6.07, 6.45) is 1.67. The van der Waals surface area contributed by atoms with Crippen LogP contribution in [0.1, 0.15) is 0 Å². The average Bonchev–Trinajstić information content (AvgIpc) is 3.05. The Hall–Kier alpha value is -2.64. The highest BCUT2D eigenvalue weighted by molar-refractivity contribution is 7.99. The standard InChI is InChI=1S/C19H16ClFN4OS/c1-2-11-25-18(13-7-3-5-9-15(13)21)23-24-19(25)27-12-17(26)22-16-10-6-4-8-14(16)20/h2-10H,1,11-12H2,(H,22,26). The lowest BCUT2D eigenvalue weighted by Crippen LogP contribution is -2.15. The maximum Gasteiger partial charge on any atom is 0.234 e. The number of nitrogens with zero attached hydrogens (tertiary/aromatic N) is 3. The Kier molecular flexibility index (Phi) is 6.26. The molecule has 1 N–H and O–H groups in total. The van der Waals surface area contributed by atoms with Crippen molar-refractivity contribution in [3.63, 3.8) is 0 Å². The number of para-hydroxylation sites is 1. The second kappa shape index (κ2) is 8.83. The molecule has 0 radical (unpaired) electrons. The quantitative estimate of drug-likeness (QED) is 0.461. The maximum absolute atomic E-state index is 14.1. The molecule has 8 heteroatoms. The molecule has 0 bridgehead atoms. The normalized spacial score (nSPS) is 10.6. The van der Waals surface area contributed by atoms with Gasteiger partial charge in [-0.15, -0.1) is 16.8 Å². The van der Waals surface area contributed by atoms with Crippen LogP contribution >= 0.6 is 23.4 Å². The molecule has 138 valence electrons. The van der Waals surface area contributed by atoms with E-state index in [1.54, 1.807) is 53.1 Å². The van der Waals surface area contributed by atoms with Gasteiger partial charge in [-0.25, -0.2) is 4.39 Å². The third-order valence-corrected chi connectivity index (χ3v) is 4.92. The summed E-state index contributed by atoms with van der Waals surface area (Å²) in [6.45, 7) is 4.12. The number of nitrogens with one attached hydrogen (secondary N) is 1. The summed E-state index contributed by atoms with van der Waals surface area (Å²) in [4.78, 5) is 12.2. The summed E-state index contributed by atoms with van der Waals surface area (Å²) in [5.41, 5.74) is 0.892. The molecule has 0 saturated heterocycles. The van der Waals surface area contributed by atoms with E-state index in [1.807, 2.05) is 0 Å². The third-order valence-electron chi connectivity index (χ3n) is 3.62. The lowest BCUT2D eigenvalue weighted by Gasteiger charge is -2.09. The predicted molar refractivity (Wildman–Crippen MR) is 106 cm³/mol. The van der Waals surface area contributed by atoms with Crippen molar-refractivity contribution in [2.45, 2.75) is 11.7 Å². The monoisotopic (exact) mass is 402 g/mol. The lowest BCUT2D eigenvalue weighted by molar-refractivity contribution is -0.113. The van der Waals surface area contributed by atoms with Crippen molar-refractivity contribution in [1.82, 2.24) is 14.8 Å². The van der Waals surface area contributed by atoms with E-state index in [0.717, 1.165) is 0 Å². The smallest absolute Gasteiger partial charge is 0.234 e. The van der Waals surface area contributed by atoms with Gasteiger partial charge in [0.2, 0.25) is 5.91 Å². The van der Waals surface area contributed by atoms with Crippen molar-refractivity contribution in [2.75, 3.05) is 11.1 Å². The van der Waals surface area contributed by atoms with Crippen LogP contribution in [-0.2, 0) is 11.3 Å². The summed E-state index contributed by atoms with van der Waals surface area (Å²) in [6, 6.07) is 13.3. The Morgan fingerprint density at radius 3 is 2.70 bits per heavy atom. The molecule has 0 aliphatic heterocycles. The molecule has 0 aliphatic rings. The molecule has 0 fully saturated rings. The fourth-order valence-electron chi connectivity index (χ4n) is 2.41. The first kappa shape index (κ1) is 19.1. The van der Waals surface area contributed by atoms with Crippen LogP contribution in [0.25, 0.3) is 11.4 Å². The van der Waals surface area contributed by atoms with Crippen molar-refractivity contribution >= 4 is 35.0 Å². The van der Waals surface area contributed by atoms with Gasteiger partial charge in [0, 0.05) is 6.54 Å². The second-order valence-corrected chi connectivity index (χ2v) is 6.85. The summed E-state index contributed by atoms with van der Waals surface area (Å²) in [5, 5.41) is 11.9. The van der Waals surface area contributed by atoms with Gasteiger partial charge in [0.25, 0.3) is 0 Å². The molecule has 1 heterocycles.